The average molecular weight is 499 g/mol. The van der Waals surface area contributed by atoms with Crippen LogP contribution in [0.4, 0.5) is 11.4 Å². The predicted molar refractivity (Wildman–Crippen MR) is 118 cm³/mol. The van der Waals surface area contributed by atoms with Crippen LogP contribution in [0.5, 0.6) is 0 Å². The SMILES string of the molecule is Cc1c(C(=O)Nc2ccc3oc(-c4cccc(I)c4)nc3c2)cccc1[N+](=O)[O-]. The number of fused-ring (bicyclic) bond motifs is 1. The molecule has 29 heavy (non-hydrogen) atoms. The molecule has 1 heterocycles. The number of nitrogens with one attached hydrogen (secondary N) is 1. The first-order valence-corrected chi connectivity index (χ1v) is 9.72. The molecule has 8 heteroatoms. The summed E-state index contributed by atoms with van der Waals surface area (Å²) in [6.45, 7) is 1.56. The molecule has 0 unspecified atom stereocenters. The van der Waals surface area contributed by atoms with Crippen molar-refractivity contribution in [2.24, 2.45) is 0 Å². The summed E-state index contributed by atoms with van der Waals surface area (Å²) in [5, 5.41) is 13.9. The first-order valence-electron chi connectivity index (χ1n) is 8.64. The zero-order valence-corrected chi connectivity index (χ0v) is 17.3. The second kappa shape index (κ2) is 7.63. The molecular formula is C21H14IN3O4. The van der Waals surface area contributed by atoms with Gasteiger partial charge in [-0.1, -0.05) is 12.1 Å². The molecule has 0 aliphatic rings. The number of hydrogen-bond donors (Lipinski definition) is 1. The van der Waals surface area contributed by atoms with E-state index in [9.17, 15) is 14.9 Å². The lowest BCUT2D eigenvalue weighted by Gasteiger charge is -2.07. The monoisotopic (exact) mass is 499 g/mol. The fourth-order valence-corrected chi connectivity index (χ4v) is 3.56. The molecule has 1 aromatic heterocycles. The van der Waals surface area contributed by atoms with Crippen LogP contribution in [0.2, 0.25) is 0 Å². The zero-order chi connectivity index (χ0) is 20.5. The van der Waals surface area contributed by atoms with Crippen LogP contribution in [0.1, 0.15) is 15.9 Å². The van der Waals surface area contributed by atoms with Gasteiger partial charge in [0.1, 0.15) is 5.52 Å². The maximum absolute atomic E-state index is 12.6. The first-order chi connectivity index (χ1) is 13.9. The molecule has 0 aliphatic carbocycles. The van der Waals surface area contributed by atoms with Gasteiger partial charge in [0.2, 0.25) is 5.89 Å². The maximum Gasteiger partial charge on any atom is 0.273 e. The van der Waals surface area contributed by atoms with Crippen molar-refractivity contribution >= 4 is 51.0 Å². The lowest BCUT2D eigenvalue weighted by Crippen LogP contribution is -2.14. The Hall–Kier alpha value is -3.27. The number of carbonyl (C=O) groups is 1. The molecule has 4 aromatic rings. The number of halogens is 1. The lowest BCUT2D eigenvalue weighted by atomic mass is 10.1. The number of benzene rings is 3. The van der Waals surface area contributed by atoms with E-state index in [0.717, 1.165) is 9.13 Å². The molecule has 0 fully saturated rings. The summed E-state index contributed by atoms with van der Waals surface area (Å²) in [4.78, 5) is 27.7. The van der Waals surface area contributed by atoms with Crippen molar-refractivity contribution in [3.8, 4) is 11.5 Å². The van der Waals surface area contributed by atoms with Crippen LogP contribution >= 0.6 is 22.6 Å². The highest BCUT2D eigenvalue weighted by Gasteiger charge is 2.18. The number of nitro groups is 1. The number of nitro benzene ring substituents is 1. The summed E-state index contributed by atoms with van der Waals surface area (Å²) in [6.07, 6.45) is 0. The first kappa shape index (κ1) is 19.1. The van der Waals surface area contributed by atoms with E-state index in [-0.39, 0.29) is 11.3 Å². The van der Waals surface area contributed by atoms with Crippen LogP contribution < -0.4 is 5.32 Å². The summed E-state index contributed by atoms with van der Waals surface area (Å²) >= 11 is 2.22. The van der Waals surface area contributed by atoms with E-state index < -0.39 is 10.8 Å². The van der Waals surface area contributed by atoms with Gasteiger partial charge in [-0.3, -0.25) is 14.9 Å². The van der Waals surface area contributed by atoms with Crippen molar-refractivity contribution in [2.45, 2.75) is 6.92 Å². The van der Waals surface area contributed by atoms with Crippen LogP contribution in [0.25, 0.3) is 22.6 Å². The maximum atomic E-state index is 12.6. The number of anilines is 1. The Balaban J connectivity index is 1.63. The minimum absolute atomic E-state index is 0.0910. The van der Waals surface area contributed by atoms with E-state index in [1.165, 1.54) is 12.1 Å². The summed E-state index contributed by atoms with van der Waals surface area (Å²) in [6, 6.07) is 17.4. The standard InChI is InChI=1S/C21H14IN3O4/c1-12-16(6-3-7-18(12)25(27)28)20(26)23-15-8-9-19-17(11-15)24-21(29-19)13-4-2-5-14(22)10-13/h2-11H,1H3,(H,23,26). The van der Waals surface area contributed by atoms with Gasteiger partial charge in [-0.25, -0.2) is 4.98 Å². The van der Waals surface area contributed by atoms with Crippen LogP contribution in [-0.2, 0) is 0 Å². The minimum atomic E-state index is -0.500. The Morgan fingerprint density at radius 1 is 1.14 bits per heavy atom. The van der Waals surface area contributed by atoms with Gasteiger partial charge >= 0.3 is 0 Å². The van der Waals surface area contributed by atoms with Crippen LogP contribution in [0, 0.1) is 20.6 Å². The van der Waals surface area contributed by atoms with E-state index in [0.29, 0.717) is 28.2 Å². The Kier molecular flexibility index (Phi) is 5.01. The fraction of sp³-hybridized carbons (Fsp3) is 0.0476. The normalized spacial score (nSPS) is 10.8. The second-order valence-electron chi connectivity index (χ2n) is 6.37. The number of oxazole rings is 1. The Morgan fingerprint density at radius 3 is 2.69 bits per heavy atom. The van der Waals surface area contributed by atoms with Crippen molar-refractivity contribution < 1.29 is 14.1 Å². The predicted octanol–water partition coefficient (Wildman–Crippen LogP) is 5.57. The Morgan fingerprint density at radius 2 is 1.93 bits per heavy atom. The molecule has 0 bridgehead atoms. The van der Waals surface area contributed by atoms with Gasteiger partial charge in [-0.15, -0.1) is 0 Å². The van der Waals surface area contributed by atoms with Crippen LogP contribution in [-0.4, -0.2) is 15.8 Å². The number of nitrogens with zero attached hydrogens (tertiary/aromatic N) is 2. The number of aromatic nitrogens is 1. The van der Waals surface area contributed by atoms with Gasteiger partial charge in [0.15, 0.2) is 5.58 Å². The molecule has 0 radical (unpaired) electrons. The van der Waals surface area contributed by atoms with Gasteiger partial charge in [-0.05, 0) is 72.0 Å². The van der Waals surface area contributed by atoms with E-state index in [2.05, 4.69) is 32.9 Å². The molecule has 0 aliphatic heterocycles. The van der Waals surface area contributed by atoms with E-state index in [4.69, 9.17) is 4.42 Å². The van der Waals surface area contributed by atoms with E-state index in [1.807, 2.05) is 24.3 Å². The summed E-state index contributed by atoms with van der Waals surface area (Å²) in [5.74, 6) is 0.0726. The Bertz CT molecular complexity index is 1270. The molecule has 7 nitrogen and oxygen atoms in total. The van der Waals surface area contributed by atoms with Crippen LogP contribution in [0.15, 0.2) is 65.1 Å². The van der Waals surface area contributed by atoms with Gasteiger partial charge in [0, 0.05) is 32.0 Å². The van der Waals surface area contributed by atoms with Gasteiger partial charge in [-0.2, -0.15) is 0 Å². The van der Waals surface area contributed by atoms with Crippen molar-refractivity contribution in [3.63, 3.8) is 0 Å². The molecule has 3 aromatic carbocycles. The highest BCUT2D eigenvalue weighted by Crippen LogP contribution is 2.28. The highest BCUT2D eigenvalue weighted by atomic mass is 127. The molecule has 1 amide bonds. The molecule has 0 spiro atoms. The number of hydrogen-bond acceptors (Lipinski definition) is 5. The molecule has 0 saturated heterocycles. The minimum Gasteiger partial charge on any atom is -0.436 e. The number of rotatable bonds is 4. The highest BCUT2D eigenvalue weighted by molar-refractivity contribution is 14.1. The summed E-state index contributed by atoms with van der Waals surface area (Å²) in [7, 11) is 0. The van der Waals surface area contributed by atoms with Crippen molar-refractivity contribution in [3.05, 3.63) is 85.5 Å². The topological polar surface area (TPSA) is 98.3 Å². The zero-order valence-electron chi connectivity index (χ0n) is 15.2. The van der Waals surface area contributed by atoms with Crippen molar-refractivity contribution in [2.75, 3.05) is 5.32 Å². The summed E-state index contributed by atoms with van der Waals surface area (Å²) < 4.78 is 6.88. The fourth-order valence-electron chi connectivity index (χ4n) is 3.02. The van der Waals surface area contributed by atoms with Crippen molar-refractivity contribution in [1.82, 2.24) is 4.98 Å². The number of amides is 1. The molecular weight excluding hydrogens is 485 g/mol. The van der Waals surface area contributed by atoms with Gasteiger partial charge in [0.05, 0.1) is 4.92 Å². The van der Waals surface area contributed by atoms with E-state index >= 15 is 0 Å². The third-order valence-corrected chi connectivity index (χ3v) is 5.13. The molecule has 0 saturated carbocycles. The smallest absolute Gasteiger partial charge is 0.273 e. The number of carbonyl (C=O) groups excluding carboxylic acids is 1. The molecule has 0 atom stereocenters. The molecule has 4 rings (SSSR count). The largest absolute Gasteiger partial charge is 0.436 e. The lowest BCUT2D eigenvalue weighted by molar-refractivity contribution is -0.385. The second-order valence-corrected chi connectivity index (χ2v) is 7.62. The molecule has 144 valence electrons. The molecule has 1 N–H and O–H groups in total. The Labute approximate surface area is 179 Å². The van der Waals surface area contributed by atoms with E-state index in [1.54, 1.807) is 31.2 Å². The van der Waals surface area contributed by atoms with Crippen LogP contribution in [0.3, 0.4) is 0 Å². The quantitative estimate of drug-likeness (QED) is 0.225. The van der Waals surface area contributed by atoms with Gasteiger partial charge < -0.3 is 9.73 Å². The summed E-state index contributed by atoms with van der Waals surface area (Å²) in [5.41, 5.74) is 3.07. The third kappa shape index (κ3) is 3.83. The average Bonchev–Trinajstić information content (AvgIpc) is 3.11. The van der Waals surface area contributed by atoms with Gasteiger partial charge in [0.25, 0.3) is 11.6 Å². The third-order valence-electron chi connectivity index (χ3n) is 4.46. The van der Waals surface area contributed by atoms with Crippen molar-refractivity contribution in [1.29, 1.82) is 0 Å².